The second-order valence-corrected chi connectivity index (χ2v) is 5.38. The Labute approximate surface area is 114 Å². The van der Waals surface area contributed by atoms with Crippen LogP contribution in [0.25, 0.3) is 0 Å². The summed E-state index contributed by atoms with van der Waals surface area (Å²) in [5.74, 6) is 0.453. The van der Waals surface area contributed by atoms with Crippen molar-refractivity contribution < 1.29 is 9.47 Å². The van der Waals surface area contributed by atoms with E-state index in [0.717, 1.165) is 12.1 Å². The molecule has 0 aliphatic rings. The number of pyridine rings is 1. The first-order valence-corrected chi connectivity index (χ1v) is 6.36. The van der Waals surface area contributed by atoms with Gasteiger partial charge in [0, 0.05) is 12.7 Å². The Kier molecular flexibility index (Phi) is 5.85. The third-order valence-electron chi connectivity index (χ3n) is 2.10. The van der Waals surface area contributed by atoms with Gasteiger partial charge in [0.2, 0.25) is 5.88 Å². The molecule has 4 nitrogen and oxygen atoms in total. The summed E-state index contributed by atoms with van der Waals surface area (Å²) in [5.41, 5.74) is 0.873. The Hall–Kier alpha value is -0.840. The minimum absolute atomic E-state index is 0.156. The molecule has 1 rings (SSSR count). The molecule has 1 N–H and O–H groups in total. The Morgan fingerprint density at radius 2 is 2.06 bits per heavy atom. The van der Waals surface area contributed by atoms with Crippen LogP contribution in [0.3, 0.4) is 0 Å². The molecular formula is C13H21ClN2O2. The van der Waals surface area contributed by atoms with E-state index in [1.165, 1.54) is 0 Å². The van der Waals surface area contributed by atoms with Gasteiger partial charge >= 0.3 is 0 Å². The average molecular weight is 273 g/mol. The van der Waals surface area contributed by atoms with E-state index < -0.39 is 0 Å². The van der Waals surface area contributed by atoms with Crippen LogP contribution in [-0.4, -0.2) is 30.8 Å². The van der Waals surface area contributed by atoms with Gasteiger partial charge in [0.05, 0.1) is 12.2 Å². The zero-order valence-corrected chi connectivity index (χ0v) is 12.2. The van der Waals surface area contributed by atoms with Crippen molar-refractivity contribution >= 4 is 11.6 Å². The van der Waals surface area contributed by atoms with Crippen LogP contribution in [0.1, 0.15) is 26.3 Å². The molecule has 1 heterocycles. The minimum atomic E-state index is -0.156. The highest BCUT2D eigenvalue weighted by atomic mass is 35.5. The molecule has 18 heavy (non-hydrogen) atoms. The molecule has 1 aromatic rings. The van der Waals surface area contributed by atoms with Gasteiger partial charge in [0.25, 0.3) is 0 Å². The molecule has 0 saturated heterocycles. The van der Waals surface area contributed by atoms with Crippen molar-refractivity contribution in [3.05, 3.63) is 22.8 Å². The molecule has 0 aliphatic heterocycles. The lowest BCUT2D eigenvalue weighted by molar-refractivity contribution is -0.0167. The Morgan fingerprint density at radius 3 is 2.61 bits per heavy atom. The van der Waals surface area contributed by atoms with Crippen LogP contribution in [0.15, 0.2) is 12.3 Å². The van der Waals surface area contributed by atoms with Crippen molar-refractivity contribution in [1.29, 1.82) is 0 Å². The molecule has 0 unspecified atom stereocenters. The highest BCUT2D eigenvalue weighted by Crippen LogP contribution is 2.22. The highest BCUT2D eigenvalue weighted by Gasteiger charge is 2.10. The summed E-state index contributed by atoms with van der Waals surface area (Å²) in [6.45, 7) is 7.70. The SMILES string of the molecule is CNCc1cnc(OCCOC(C)(C)C)c(Cl)c1. The summed E-state index contributed by atoms with van der Waals surface area (Å²) in [6.07, 6.45) is 1.75. The summed E-state index contributed by atoms with van der Waals surface area (Å²) in [7, 11) is 1.88. The average Bonchev–Trinajstić information content (AvgIpc) is 2.26. The first-order valence-electron chi connectivity index (χ1n) is 5.98. The van der Waals surface area contributed by atoms with E-state index in [1.807, 2.05) is 33.9 Å². The zero-order chi connectivity index (χ0) is 13.6. The number of halogens is 1. The van der Waals surface area contributed by atoms with E-state index in [0.29, 0.717) is 24.1 Å². The van der Waals surface area contributed by atoms with Gasteiger partial charge in [-0.1, -0.05) is 11.6 Å². The second kappa shape index (κ2) is 6.92. The van der Waals surface area contributed by atoms with Crippen molar-refractivity contribution in [3.8, 4) is 5.88 Å². The number of aromatic nitrogens is 1. The van der Waals surface area contributed by atoms with Gasteiger partial charge in [-0.2, -0.15) is 0 Å². The topological polar surface area (TPSA) is 43.4 Å². The van der Waals surface area contributed by atoms with E-state index in [-0.39, 0.29) is 5.60 Å². The molecular weight excluding hydrogens is 252 g/mol. The standard InChI is InChI=1S/C13H21ClN2O2/c1-13(2,3)18-6-5-17-12-11(14)7-10(8-15-4)9-16-12/h7,9,15H,5-6,8H2,1-4H3. The molecule has 0 amide bonds. The van der Waals surface area contributed by atoms with Crippen LogP contribution in [0.2, 0.25) is 5.02 Å². The molecule has 0 fully saturated rings. The third kappa shape index (κ3) is 5.67. The van der Waals surface area contributed by atoms with E-state index in [4.69, 9.17) is 21.1 Å². The highest BCUT2D eigenvalue weighted by molar-refractivity contribution is 6.31. The maximum absolute atomic E-state index is 6.08. The summed E-state index contributed by atoms with van der Waals surface area (Å²) in [5, 5.41) is 3.57. The van der Waals surface area contributed by atoms with Gasteiger partial charge in [-0.25, -0.2) is 4.98 Å². The van der Waals surface area contributed by atoms with Crippen LogP contribution in [-0.2, 0) is 11.3 Å². The molecule has 102 valence electrons. The number of rotatable bonds is 6. The fourth-order valence-corrected chi connectivity index (χ4v) is 1.60. The summed E-state index contributed by atoms with van der Waals surface area (Å²) in [4.78, 5) is 4.18. The Bertz CT molecular complexity index is 378. The molecule has 0 aromatic carbocycles. The summed E-state index contributed by atoms with van der Waals surface area (Å²) < 4.78 is 11.0. The van der Waals surface area contributed by atoms with Crippen molar-refractivity contribution in [2.45, 2.75) is 32.9 Å². The molecule has 5 heteroatoms. The Morgan fingerprint density at radius 1 is 1.33 bits per heavy atom. The van der Waals surface area contributed by atoms with Gasteiger partial charge in [-0.15, -0.1) is 0 Å². The lowest BCUT2D eigenvalue weighted by Gasteiger charge is -2.19. The van der Waals surface area contributed by atoms with Gasteiger partial charge in [0.1, 0.15) is 11.6 Å². The predicted molar refractivity (Wildman–Crippen MR) is 73.2 cm³/mol. The smallest absolute Gasteiger partial charge is 0.232 e. The second-order valence-electron chi connectivity index (χ2n) is 4.97. The van der Waals surface area contributed by atoms with Crippen LogP contribution in [0.5, 0.6) is 5.88 Å². The molecule has 0 saturated carbocycles. The number of ether oxygens (including phenoxy) is 2. The van der Waals surface area contributed by atoms with Crippen LogP contribution in [0, 0.1) is 0 Å². The first kappa shape index (κ1) is 15.2. The molecule has 0 spiro atoms. The van der Waals surface area contributed by atoms with E-state index >= 15 is 0 Å². The van der Waals surface area contributed by atoms with Crippen LogP contribution >= 0.6 is 11.6 Å². The third-order valence-corrected chi connectivity index (χ3v) is 2.37. The van der Waals surface area contributed by atoms with Crippen molar-refractivity contribution in [2.75, 3.05) is 20.3 Å². The lowest BCUT2D eigenvalue weighted by atomic mass is 10.2. The fraction of sp³-hybridized carbons (Fsp3) is 0.615. The molecule has 0 aliphatic carbocycles. The maximum atomic E-state index is 6.08. The normalized spacial score (nSPS) is 11.6. The van der Waals surface area contributed by atoms with Crippen molar-refractivity contribution in [3.63, 3.8) is 0 Å². The van der Waals surface area contributed by atoms with Crippen molar-refractivity contribution in [1.82, 2.24) is 10.3 Å². The maximum Gasteiger partial charge on any atom is 0.232 e. The molecule has 0 atom stereocenters. The van der Waals surface area contributed by atoms with Crippen LogP contribution < -0.4 is 10.1 Å². The van der Waals surface area contributed by atoms with Gasteiger partial charge in [-0.3, -0.25) is 0 Å². The number of hydrogen-bond acceptors (Lipinski definition) is 4. The van der Waals surface area contributed by atoms with Gasteiger partial charge < -0.3 is 14.8 Å². The molecule has 0 bridgehead atoms. The van der Waals surface area contributed by atoms with Crippen molar-refractivity contribution in [2.24, 2.45) is 0 Å². The minimum Gasteiger partial charge on any atom is -0.474 e. The zero-order valence-electron chi connectivity index (χ0n) is 11.4. The largest absolute Gasteiger partial charge is 0.474 e. The summed E-state index contributed by atoms with van der Waals surface area (Å²) >= 11 is 6.08. The quantitative estimate of drug-likeness (QED) is 0.809. The molecule has 0 radical (unpaired) electrons. The number of nitrogens with one attached hydrogen (secondary N) is 1. The van der Waals surface area contributed by atoms with Crippen LogP contribution in [0.4, 0.5) is 0 Å². The van der Waals surface area contributed by atoms with E-state index in [9.17, 15) is 0 Å². The van der Waals surface area contributed by atoms with Gasteiger partial charge in [-0.05, 0) is 39.4 Å². The first-order chi connectivity index (χ1) is 8.42. The lowest BCUT2D eigenvalue weighted by Crippen LogP contribution is -2.22. The van der Waals surface area contributed by atoms with E-state index in [2.05, 4.69) is 10.3 Å². The monoisotopic (exact) mass is 272 g/mol. The molecule has 1 aromatic heterocycles. The Balaban J connectivity index is 2.43. The number of hydrogen-bond donors (Lipinski definition) is 1. The number of nitrogens with zero attached hydrogens (tertiary/aromatic N) is 1. The fourth-order valence-electron chi connectivity index (χ4n) is 1.36. The van der Waals surface area contributed by atoms with E-state index in [1.54, 1.807) is 6.20 Å². The predicted octanol–water partition coefficient (Wildman–Crippen LogP) is 2.65. The summed E-state index contributed by atoms with van der Waals surface area (Å²) in [6, 6.07) is 1.85. The van der Waals surface area contributed by atoms with Gasteiger partial charge in [0.15, 0.2) is 0 Å².